The highest BCUT2D eigenvalue weighted by molar-refractivity contribution is 6.30. The first kappa shape index (κ1) is 21.6. The fourth-order valence-corrected chi connectivity index (χ4v) is 3.33. The van der Waals surface area contributed by atoms with Crippen LogP contribution in [0.2, 0.25) is 5.02 Å². The number of hydrogen-bond acceptors (Lipinski definition) is 5. The Kier molecular flexibility index (Phi) is 6.61. The first-order valence-corrected chi connectivity index (χ1v) is 10.1. The minimum Gasteiger partial charge on any atom is -0.354 e. The monoisotopic (exact) mass is 432 g/mol. The summed E-state index contributed by atoms with van der Waals surface area (Å²) in [7, 11) is 3.03. The number of benzene rings is 1. The Morgan fingerprint density at radius 2 is 1.80 bits per heavy atom. The zero-order valence-electron chi connectivity index (χ0n) is 17.2. The van der Waals surface area contributed by atoms with Crippen molar-refractivity contribution >= 4 is 34.6 Å². The molecule has 0 bridgehead atoms. The van der Waals surface area contributed by atoms with Gasteiger partial charge in [-0.25, -0.2) is 4.79 Å². The van der Waals surface area contributed by atoms with Crippen LogP contribution < -0.4 is 21.9 Å². The first-order chi connectivity index (χ1) is 14.3. The van der Waals surface area contributed by atoms with E-state index in [0.717, 1.165) is 16.6 Å². The van der Waals surface area contributed by atoms with E-state index in [2.05, 4.69) is 15.6 Å². The number of nitrogens with one attached hydrogen (secondary N) is 2. The molecule has 0 saturated heterocycles. The normalized spacial score (nSPS) is 11.1. The van der Waals surface area contributed by atoms with Gasteiger partial charge in [-0.05, 0) is 24.1 Å². The second-order valence-corrected chi connectivity index (χ2v) is 7.49. The highest BCUT2D eigenvalue weighted by Crippen LogP contribution is 2.19. The molecule has 30 heavy (non-hydrogen) atoms. The van der Waals surface area contributed by atoms with E-state index in [1.54, 1.807) is 23.7 Å². The molecular formula is C20H25ClN6O3. The molecule has 160 valence electrons. The Balaban J connectivity index is 1.98. The minimum atomic E-state index is -0.443. The fourth-order valence-electron chi connectivity index (χ4n) is 3.20. The number of fused-ring (bicyclic) bond motifs is 1. The molecule has 1 aromatic carbocycles. The number of hydrogen-bond donors (Lipinski definition) is 2. The summed E-state index contributed by atoms with van der Waals surface area (Å²) in [5.41, 5.74) is 0.691. The molecule has 2 heterocycles. The summed E-state index contributed by atoms with van der Waals surface area (Å²) in [5.74, 6) is 0.438. The van der Waals surface area contributed by atoms with Gasteiger partial charge >= 0.3 is 5.69 Å². The lowest BCUT2D eigenvalue weighted by molar-refractivity contribution is -0.121. The van der Waals surface area contributed by atoms with Gasteiger partial charge in [0.2, 0.25) is 11.9 Å². The predicted octanol–water partition coefficient (Wildman–Crippen LogP) is 1.46. The number of rotatable bonds is 8. The molecule has 0 aliphatic heterocycles. The van der Waals surface area contributed by atoms with Crippen molar-refractivity contribution in [3.05, 3.63) is 55.7 Å². The third-order valence-corrected chi connectivity index (χ3v) is 5.06. The summed E-state index contributed by atoms with van der Waals surface area (Å²) in [6, 6.07) is 7.30. The van der Waals surface area contributed by atoms with Gasteiger partial charge in [0, 0.05) is 38.6 Å². The quantitative estimate of drug-likeness (QED) is 0.524. The lowest BCUT2D eigenvalue weighted by Gasteiger charge is -2.12. The van der Waals surface area contributed by atoms with E-state index in [4.69, 9.17) is 11.6 Å². The summed E-state index contributed by atoms with van der Waals surface area (Å²) in [5, 5.41) is 6.62. The van der Waals surface area contributed by atoms with Gasteiger partial charge in [0.1, 0.15) is 0 Å². The zero-order chi connectivity index (χ0) is 21.8. The van der Waals surface area contributed by atoms with E-state index in [0.29, 0.717) is 48.2 Å². The lowest BCUT2D eigenvalue weighted by atomic mass is 10.2. The number of imidazole rings is 1. The third kappa shape index (κ3) is 4.40. The number of amides is 1. The molecule has 0 unspecified atom stereocenters. The van der Waals surface area contributed by atoms with Gasteiger partial charge in [-0.2, -0.15) is 4.98 Å². The van der Waals surface area contributed by atoms with Gasteiger partial charge in [0.05, 0.1) is 6.54 Å². The number of carbonyl (C=O) groups is 1. The Hall–Kier alpha value is -3.07. The van der Waals surface area contributed by atoms with Crippen LogP contribution in [-0.2, 0) is 25.4 Å². The van der Waals surface area contributed by atoms with Crippen LogP contribution >= 0.6 is 11.6 Å². The highest BCUT2D eigenvalue weighted by Gasteiger charge is 2.19. The predicted molar refractivity (Wildman–Crippen MR) is 117 cm³/mol. The van der Waals surface area contributed by atoms with Crippen LogP contribution in [0.5, 0.6) is 0 Å². The van der Waals surface area contributed by atoms with Crippen molar-refractivity contribution in [1.29, 1.82) is 0 Å². The molecule has 3 rings (SSSR count). The van der Waals surface area contributed by atoms with Crippen LogP contribution in [-0.4, -0.2) is 37.7 Å². The molecule has 0 fully saturated rings. The zero-order valence-corrected chi connectivity index (χ0v) is 18.0. The minimum absolute atomic E-state index is 0.00904. The third-order valence-electron chi connectivity index (χ3n) is 4.81. The first-order valence-electron chi connectivity index (χ1n) is 9.74. The number of aryl methyl sites for hydroxylation is 1. The van der Waals surface area contributed by atoms with E-state index >= 15 is 0 Å². The van der Waals surface area contributed by atoms with E-state index in [1.807, 2.05) is 19.1 Å². The lowest BCUT2D eigenvalue weighted by Crippen LogP contribution is -2.37. The van der Waals surface area contributed by atoms with Crippen molar-refractivity contribution < 1.29 is 4.79 Å². The van der Waals surface area contributed by atoms with E-state index in [9.17, 15) is 14.4 Å². The Bertz CT molecular complexity index is 1180. The summed E-state index contributed by atoms with van der Waals surface area (Å²) in [4.78, 5) is 41.3. The van der Waals surface area contributed by atoms with Crippen LogP contribution in [0, 0.1) is 0 Å². The van der Waals surface area contributed by atoms with Crippen LogP contribution in [0.15, 0.2) is 33.9 Å². The second kappa shape index (κ2) is 9.17. The maximum absolute atomic E-state index is 12.9. The summed E-state index contributed by atoms with van der Waals surface area (Å²) in [6.07, 6.45) is 1.26. The smallest absolute Gasteiger partial charge is 0.332 e. The van der Waals surface area contributed by atoms with E-state index in [-0.39, 0.29) is 5.91 Å². The number of nitrogens with zero attached hydrogens (tertiary/aromatic N) is 4. The average molecular weight is 433 g/mol. The molecule has 3 aromatic rings. The summed E-state index contributed by atoms with van der Waals surface area (Å²) >= 11 is 5.98. The van der Waals surface area contributed by atoms with Crippen molar-refractivity contribution in [3.8, 4) is 0 Å². The summed E-state index contributed by atoms with van der Waals surface area (Å²) < 4.78 is 4.16. The van der Waals surface area contributed by atoms with Crippen molar-refractivity contribution in [3.63, 3.8) is 0 Å². The highest BCUT2D eigenvalue weighted by atomic mass is 35.5. The van der Waals surface area contributed by atoms with Gasteiger partial charge in [0.25, 0.3) is 5.56 Å². The van der Waals surface area contributed by atoms with Gasteiger partial charge in [-0.15, -0.1) is 0 Å². The van der Waals surface area contributed by atoms with Crippen molar-refractivity contribution in [1.82, 2.24) is 24.0 Å². The van der Waals surface area contributed by atoms with Gasteiger partial charge in [-0.3, -0.25) is 23.3 Å². The molecule has 0 radical (unpaired) electrons. The number of aromatic nitrogens is 4. The summed E-state index contributed by atoms with van der Waals surface area (Å²) in [6.45, 7) is 3.15. The molecule has 10 heteroatoms. The Labute approximate surface area is 178 Å². The standard InChI is InChI=1S/C20H25ClN6O3/c1-4-5-15(28)22-10-11-23-19-24-17-16(18(29)26(3)20(30)25(17)2)27(19)12-13-6-8-14(21)9-7-13/h6-9H,4-5,10-12H2,1-3H3,(H,22,28)(H,23,24). The topological polar surface area (TPSA) is 103 Å². The molecule has 9 nitrogen and oxygen atoms in total. The van der Waals surface area contributed by atoms with Crippen LogP contribution in [0.3, 0.4) is 0 Å². The van der Waals surface area contributed by atoms with Gasteiger partial charge in [0.15, 0.2) is 11.2 Å². The molecule has 2 N–H and O–H groups in total. The average Bonchev–Trinajstić information content (AvgIpc) is 3.08. The van der Waals surface area contributed by atoms with E-state index in [1.165, 1.54) is 11.6 Å². The van der Waals surface area contributed by atoms with Gasteiger partial charge in [-0.1, -0.05) is 30.7 Å². The number of anilines is 1. The Morgan fingerprint density at radius 3 is 2.47 bits per heavy atom. The fraction of sp³-hybridized carbons (Fsp3) is 0.400. The number of carbonyl (C=O) groups excluding carboxylic acids is 1. The Morgan fingerprint density at radius 1 is 1.10 bits per heavy atom. The molecule has 0 atom stereocenters. The molecule has 0 aliphatic rings. The van der Waals surface area contributed by atoms with Crippen LogP contribution in [0.1, 0.15) is 25.3 Å². The maximum atomic E-state index is 12.9. The number of halogens is 1. The van der Waals surface area contributed by atoms with Crippen molar-refractivity contribution in [2.75, 3.05) is 18.4 Å². The molecular weight excluding hydrogens is 408 g/mol. The maximum Gasteiger partial charge on any atom is 0.332 e. The molecule has 1 amide bonds. The van der Waals surface area contributed by atoms with Gasteiger partial charge < -0.3 is 10.6 Å². The largest absolute Gasteiger partial charge is 0.354 e. The second-order valence-electron chi connectivity index (χ2n) is 7.05. The van der Waals surface area contributed by atoms with E-state index < -0.39 is 11.2 Å². The van der Waals surface area contributed by atoms with Crippen LogP contribution in [0.25, 0.3) is 11.2 Å². The molecule has 0 aliphatic carbocycles. The SMILES string of the molecule is CCCC(=O)NCCNc1nc2c(c(=O)n(C)c(=O)n2C)n1Cc1ccc(Cl)cc1. The molecule has 0 spiro atoms. The van der Waals surface area contributed by atoms with Crippen molar-refractivity contribution in [2.24, 2.45) is 14.1 Å². The van der Waals surface area contributed by atoms with Crippen LogP contribution in [0.4, 0.5) is 5.95 Å². The molecule has 2 aromatic heterocycles. The van der Waals surface area contributed by atoms with Crippen molar-refractivity contribution in [2.45, 2.75) is 26.3 Å². The molecule has 0 saturated carbocycles.